The Balaban J connectivity index is 3.12. The van der Waals surface area contributed by atoms with E-state index in [2.05, 4.69) is 11.1 Å². The lowest BCUT2D eigenvalue weighted by molar-refractivity contribution is 0.0996. The Hall–Kier alpha value is -1.42. The molecular formula is C7H7N2O2. The predicted octanol–water partition coefficient (Wildman–Crippen LogP) is -0.527. The van der Waals surface area contributed by atoms with E-state index in [4.69, 9.17) is 10.8 Å². The molecule has 4 nitrogen and oxygen atoms in total. The highest BCUT2D eigenvalue weighted by molar-refractivity contribution is 5.93. The Bertz CT molecular complexity index is 273. The molecule has 1 heterocycles. The van der Waals surface area contributed by atoms with Gasteiger partial charge in [0, 0.05) is 6.20 Å². The lowest BCUT2D eigenvalue weighted by Crippen LogP contribution is -2.14. The molecule has 1 aromatic heterocycles. The minimum absolute atomic E-state index is 0.148. The summed E-state index contributed by atoms with van der Waals surface area (Å²) in [6.45, 7) is -0.296. The summed E-state index contributed by atoms with van der Waals surface area (Å²) in [6, 6.07) is 4.06. The van der Waals surface area contributed by atoms with Crippen LogP contribution in [0.15, 0.2) is 12.3 Å². The molecular weight excluding hydrogens is 144 g/mol. The first-order chi connectivity index (χ1) is 5.25. The van der Waals surface area contributed by atoms with E-state index in [9.17, 15) is 4.79 Å². The van der Waals surface area contributed by atoms with Gasteiger partial charge in [0.1, 0.15) is 0 Å². The van der Waals surface area contributed by atoms with E-state index in [-0.39, 0.29) is 17.9 Å². The lowest BCUT2D eigenvalue weighted by atomic mass is 10.2. The molecule has 0 aliphatic carbocycles. The van der Waals surface area contributed by atoms with Crippen molar-refractivity contribution in [2.24, 2.45) is 5.73 Å². The molecule has 0 fully saturated rings. The number of amides is 1. The van der Waals surface area contributed by atoms with E-state index in [0.29, 0.717) is 0 Å². The molecule has 11 heavy (non-hydrogen) atoms. The van der Waals surface area contributed by atoms with Crippen LogP contribution in [0.4, 0.5) is 0 Å². The van der Waals surface area contributed by atoms with Crippen LogP contribution in [0.2, 0.25) is 0 Å². The maximum atomic E-state index is 10.6. The van der Waals surface area contributed by atoms with Crippen LogP contribution >= 0.6 is 0 Å². The molecule has 0 aromatic carbocycles. The molecule has 1 rings (SSSR count). The maximum Gasteiger partial charge on any atom is 0.251 e. The number of hydrogen-bond donors (Lipinski definition) is 2. The molecule has 57 valence electrons. The topological polar surface area (TPSA) is 76.2 Å². The van der Waals surface area contributed by atoms with Crippen LogP contribution in [0.1, 0.15) is 16.1 Å². The molecule has 0 unspecified atom stereocenters. The van der Waals surface area contributed by atoms with Crippen molar-refractivity contribution in [3.05, 3.63) is 29.6 Å². The van der Waals surface area contributed by atoms with Gasteiger partial charge in [0.25, 0.3) is 5.91 Å². The molecule has 0 bridgehead atoms. The number of aromatic nitrogens is 1. The minimum Gasteiger partial charge on any atom is -0.390 e. The number of aliphatic hydroxyl groups is 1. The van der Waals surface area contributed by atoms with Crippen molar-refractivity contribution >= 4 is 5.91 Å². The van der Waals surface area contributed by atoms with Gasteiger partial charge in [-0.3, -0.25) is 9.78 Å². The van der Waals surface area contributed by atoms with Crippen LogP contribution in [0.25, 0.3) is 0 Å². The third-order valence-electron chi connectivity index (χ3n) is 1.22. The summed E-state index contributed by atoms with van der Waals surface area (Å²) < 4.78 is 0. The molecule has 0 saturated carbocycles. The zero-order valence-corrected chi connectivity index (χ0v) is 5.74. The third-order valence-corrected chi connectivity index (χ3v) is 1.22. The Morgan fingerprint density at radius 2 is 2.55 bits per heavy atom. The summed E-state index contributed by atoms with van der Waals surface area (Å²) in [5, 5.41) is 8.68. The smallest absolute Gasteiger partial charge is 0.251 e. The summed E-state index contributed by atoms with van der Waals surface area (Å²) in [7, 11) is 0. The standard InChI is InChI=1S/C7H7N2O2/c8-7(11)5-2-1-3-9-6(5)4-10/h1,3,10H,4H2,(H2,8,11). The van der Waals surface area contributed by atoms with Gasteiger partial charge in [-0.05, 0) is 12.1 Å². The van der Waals surface area contributed by atoms with E-state index in [1.54, 1.807) is 0 Å². The van der Waals surface area contributed by atoms with E-state index < -0.39 is 5.91 Å². The van der Waals surface area contributed by atoms with Crippen molar-refractivity contribution in [1.29, 1.82) is 0 Å². The summed E-state index contributed by atoms with van der Waals surface area (Å²) >= 11 is 0. The fourth-order valence-electron chi connectivity index (χ4n) is 0.729. The minimum atomic E-state index is -0.623. The molecule has 0 aliphatic heterocycles. The highest BCUT2D eigenvalue weighted by Gasteiger charge is 2.06. The molecule has 1 radical (unpaired) electrons. The molecule has 0 atom stereocenters. The average molecular weight is 151 g/mol. The number of carbonyl (C=O) groups excluding carboxylic acids is 1. The Morgan fingerprint density at radius 3 is 3.00 bits per heavy atom. The number of nitrogens with two attached hydrogens (primary N) is 1. The van der Waals surface area contributed by atoms with E-state index >= 15 is 0 Å². The fourth-order valence-corrected chi connectivity index (χ4v) is 0.729. The molecule has 4 heteroatoms. The van der Waals surface area contributed by atoms with E-state index in [1.165, 1.54) is 12.3 Å². The SMILES string of the molecule is NC(=O)c1[c]ccnc1CO. The van der Waals surface area contributed by atoms with Gasteiger partial charge in [-0.15, -0.1) is 0 Å². The van der Waals surface area contributed by atoms with E-state index in [1.807, 2.05) is 0 Å². The second-order valence-electron chi connectivity index (χ2n) is 1.93. The summed E-state index contributed by atoms with van der Waals surface area (Å²) in [4.78, 5) is 14.4. The number of aliphatic hydroxyl groups excluding tert-OH is 1. The van der Waals surface area contributed by atoms with Gasteiger partial charge in [0.15, 0.2) is 0 Å². The first-order valence-corrected chi connectivity index (χ1v) is 3.02. The van der Waals surface area contributed by atoms with Crippen LogP contribution in [-0.4, -0.2) is 16.0 Å². The van der Waals surface area contributed by atoms with Gasteiger partial charge in [-0.1, -0.05) is 0 Å². The Labute approximate surface area is 63.7 Å². The van der Waals surface area contributed by atoms with Gasteiger partial charge in [0.05, 0.1) is 17.9 Å². The Kier molecular flexibility index (Phi) is 2.18. The summed E-state index contributed by atoms with van der Waals surface area (Å²) in [5.74, 6) is -0.623. The lowest BCUT2D eigenvalue weighted by Gasteiger charge is -1.98. The number of carbonyl (C=O) groups is 1. The average Bonchev–Trinajstić information content (AvgIpc) is 2.04. The molecule has 0 saturated heterocycles. The first-order valence-electron chi connectivity index (χ1n) is 3.02. The summed E-state index contributed by atoms with van der Waals surface area (Å²) in [5.41, 5.74) is 5.38. The van der Waals surface area contributed by atoms with Crippen molar-refractivity contribution < 1.29 is 9.90 Å². The van der Waals surface area contributed by atoms with Crippen LogP contribution < -0.4 is 5.73 Å². The van der Waals surface area contributed by atoms with Crippen molar-refractivity contribution in [3.63, 3.8) is 0 Å². The Morgan fingerprint density at radius 1 is 1.82 bits per heavy atom. The number of pyridine rings is 1. The largest absolute Gasteiger partial charge is 0.390 e. The number of nitrogens with zero attached hydrogens (tertiary/aromatic N) is 1. The molecule has 1 aromatic rings. The predicted molar refractivity (Wildman–Crippen MR) is 37.5 cm³/mol. The maximum absolute atomic E-state index is 10.6. The van der Waals surface area contributed by atoms with Gasteiger partial charge in [-0.2, -0.15) is 0 Å². The van der Waals surface area contributed by atoms with Crippen LogP contribution in [0, 0.1) is 6.07 Å². The highest BCUT2D eigenvalue weighted by Crippen LogP contribution is 2.02. The summed E-state index contributed by atoms with van der Waals surface area (Å²) in [6.07, 6.45) is 1.44. The van der Waals surface area contributed by atoms with Crippen molar-refractivity contribution in [3.8, 4) is 0 Å². The van der Waals surface area contributed by atoms with Gasteiger partial charge in [0.2, 0.25) is 0 Å². The van der Waals surface area contributed by atoms with Crippen molar-refractivity contribution in [1.82, 2.24) is 4.98 Å². The second-order valence-corrected chi connectivity index (χ2v) is 1.93. The normalized spacial score (nSPS) is 9.55. The first kappa shape index (κ1) is 7.68. The molecule has 1 amide bonds. The third kappa shape index (κ3) is 1.53. The molecule has 0 aliphatic rings. The fraction of sp³-hybridized carbons (Fsp3) is 0.143. The second kappa shape index (κ2) is 3.12. The molecule has 3 N–H and O–H groups in total. The number of rotatable bonds is 2. The van der Waals surface area contributed by atoms with Gasteiger partial charge < -0.3 is 10.8 Å². The highest BCUT2D eigenvalue weighted by atomic mass is 16.3. The van der Waals surface area contributed by atoms with Crippen LogP contribution in [-0.2, 0) is 6.61 Å². The van der Waals surface area contributed by atoms with Crippen molar-refractivity contribution in [2.45, 2.75) is 6.61 Å². The van der Waals surface area contributed by atoms with E-state index in [0.717, 1.165) is 0 Å². The zero-order chi connectivity index (χ0) is 8.27. The molecule has 0 spiro atoms. The zero-order valence-electron chi connectivity index (χ0n) is 5.74. The van der Waals surface area contributed by atoms with Crippen LogP contribution in [0.3, 0.4) is 0 Å². The number of primary amides is 1. The van der Waals surface area contributed by atoms with Gasteiger partial charge in [-0.25, -0.2) is 0 Å². The monoisotopic (exact) mass is 151 g/mol. The van der Waals surface area contributed by atoms with Gasteiger partial charge >= 0.3 is 0 Å². The quantitative estimate of drug-likeness (QED) is 0.596. The van der Waals surface area contributed by atoms with Crippen LogP contribution in [0.5, 0.6) is 0 Å². The number of hydrogen-bond acceptors (Lipinski definition) is 3. The van der Waals surface area contributed by atoms with Crippen molar-refractivity contribution in [2.75, 3.05) is 0 Å².